The molecule has 18 heavy (non-hydrogen) atoms. The van der Waals surface area contributed by atoms with Gasteiger partial charge in [0, 0.05) is 24.9 Å². The molecule has 0 radical (unpaired) electrons. The number of nitrogens with zero attached hydrogens (tertiary/aromatic N) is 1. The summed E-state index contributed by atoms with van der Waals surface area (Å²) in [6.45, 7) is 0.973. The van der Waals surface area contributed by atoms with Crippen molar-refractivity contribution in [3.8, 4) is 5.75 Å². The van der Waals surface area contributed by atoms with E-state index in [4.69, 9.17) is 4.74 Å². The molecule has 3 heteroatoms. The second-order valence-electron chi connectivity index (χ2n) is 4.45. The summed E-state index contributed by atoms with van der Waals surface area (Å²) >= 11 is 0. The van der Waals surface area contributed by atoms with E-state index in [1.807, 2.05) is 24.4 Å². The number of benzene rings is 1. The third-order valence-electron chi connectivity index (χ3n) is 3.40. The van der Waals surface area contributed by atoms with Gasteiger partial charge in [-0.1, -0.05) is 18.2 Å². The number of pyridine rings is 1. The topological polar surface area (TPSA) is 34.1 Å². The van der Waals surface area contributed by atoms with Gasteiger partial charge in [0.2, 0.25) is 0 Å². The molecule has 2 aromatic rings. The normalized spacial score (nSPS) is 18.2. The van der Waals surface area contributed by atoms with Gasteiger partial charge in [-0.05, 0) is 29.3 Å². The Morgan fingerprint density at radius 1 is 1.22 bits per heavy atom. The van der Waals surface area contributed by atoms with Gasteiger partial charge >= 0.3 is 0 Å². The molecule has 3 rings (SSSR count). The highest BCUT2D eigenvalue weighted by atomic mass is 16.5. The minimum Gasteiger partial charge on any atom is -0.497 e. The Kier molecular flexibility index (Phi) is 2.99. The first-order chi connectivity index (χ1) is 8.88. The van der Waals surface area contributed by atoms with E-state index in [1.165, 1.54) is 16.8 Å². The molecule has 1 aromatic carbocycles. The molecule has 1 aliphatic rings. The summed E-state index contributed by atoms with van der Waals surface area (Å²) in [5.41, 5.74) is 3.75. The zero-order valence-corrected chi connectivity index (χ0v) is 10.4. The average Bonchev–Trinajstić information content (AvgIpc) is 2.47. The molecule has 1 aliphatic heterocycles. The van der Waals surface area contributed by atoms with Crippen molar-refractivity contribution in [1.82, 2.24) is 10.3 Å². The molecule has 0 fully saturated rings. The highest BCUT2D eigenvalue weighted by Crippen LogP contribution is 2.28. The van der Waals surface area contributed by atoms with Crippen LogP contribution in [0.4, 0.5) is 0 Å². The van der Waals surface area contributed by atoms with Crippen LogP contribution in [0.25, 0.3) is 0 Å². The fraction of sp³-hybridized carbons (Fsp3) is 0.267. The lowest BCUT2D eigenvalue weighted by Crippen LogP contribution is -2.31. The predicted molar refractivity (Wildman–Crippen MR) is 70.8 cm³/mol. The molecule has 1 N–H and O–H groups in total. The number of hydrogen-bond acceptors (Lipinski definition) is 3. The van der Waals surface area contributed by atoms with Gasteiger partial charge in [0.25, 0.3) is 0 Å². The third-order valence-corrected chi connectivity index (χ3v) is 3.40. The van der Waals surface area contributed by atoms with Crippen LogP contribution in [0, 0.1) is 0 Å². The molecule has 0 saturated carbocycles. The van der Waals surface area contributed by atoms with E-state index in [0.717, 1.165) is 18.7 Å². The van der Waals surface area contributed by atoms with E-state index in [2.05, 4.69) is 28.5 Å². The van der Waals surface area contributed by atoms with Gasteiger partial charge in [-0.2, -0.15) is 0 Å². The van der Waals surface area contributed by atoms with Gasteiger partial charge in [0.1, 0.15) is 5.75 Å². The number of ether oxygens (including phenoxy) is 1. The van der Waals surface area contributed by atoms with Crippen molar-refractivity contribution in [3.05, 3.63) is 59.4 Å². The smallest absolute Gasteiger partial charge is 0.118 e. The summed E-state index contributed by atoms with van der Waals surface area (Å²) in [5, 5.41) is 3.55. The standard InChI is InChI=1S/C15H16N2O/c1-18-12-6-4-11(5-7-12)15-13-3-2-9-16-14(13)8-10-17-15/h2-7,9,15,17H,8,10H2,1H3. The number of hydrogen-bond donors (Lipinski definition) is 1. The molecule has 92 valence electrons. The maximum atomic E-state index is 5.19. The Hall–Kier alpha value is -1.87. The van der Waals surface area contributed by atoms with E-state index in [9.17, 15) is 0 Å². The summed E-state index contributed by atoms with van der Waals surface area (Å²) < 4.78 is 5.19. The first-order valence-electron chi connectivity index (χ1n) is 6.19. The second-order valence-corrected chi connectivity index (χ2v) is 4.45. The zero-order chi connectivity index (χ0) is 12.4. The van der Waals surface area contributed by atoms with Crippen LogP contribution in [0.15, 0.2) is 42.6 Å². The molecule has 1 aromatic heterocycles. The third kappa shape index (κ3) is 1.97. The Morgan fingerprint density at radius 2 is 2.06 bits per heavy atom. The fourth-order valence-electron chi connectivity index (χ4n) is 2.46. The van der Waals surface area contributed by atoms with Crippen LogP contribution < -0.4 is 10.1 Å². The van der Waals surface area contributed by atoms with E-state index in [-0.39, 0.29) is 6.04 Å². The van der Waals surface area contributed by atoms with E-state index in [1.54, 1.807) is 7.11 Å². The summed E-state index contributed by atoms with van der Waals surface area (Å²) in [7, 11) is 1.69. The van der Waals surface area contributed by atoms with Gasteiger partial charge in [0.15, 0.2) is 0 Å². The zero-order valence-electron chi connectivity index (χ0n) is 10.4. The predicted octanol–water partition coefficient (Wildman–Crippen LogP) is 2.33. The minimum atomic E-state index is 0.244. The van der Waals surface area contributed by atoms with E-state index < -0.39 is 0 Å². The number of nitrogens with one attached hydrogen (secondary N) is 1. The van der Waals surface area contributed by atoms with Crippen LogP contribution in [0.1, 0.15) is 22.9 Å². The molecule has 3 nitrogen and oxygen atoms in total. The first kappa shape index (κ1) is 11.2. The monoisotopic (exact) mass is 240 g/mol. The fourth-order valence-corrected chi connectivity index (χ4v) is 2.46. The molecule has 2 heterocycles. The molecule has 0 aliphatic carbocycles. The largest absolute Gasteiger partial charge is 0.497 e. The lowest BCUT2D eigenvalue weighted by Gasteiger charge is -2.26. The van der Waals surface area contributed by atoms with Gasteiger partial charge in [-0.25, -0.2) is 0 Å². The van der Waals surface area contributed by atoms with E-state index in [0.29, 0.717) is 0 Å². The SMILES string of the molecule is COc1ccc(C2NCCc3ncccc32)cc1. The van der Waals surface area contributed by atoms with Gasteiger partial charge in [-0.3, -0.25) is 4.98 Å². The highest BCUT2D eigenvalue weighted by molar-refractivity contribution is 5.38. The van der Waals surface area contributed by atoms with Crippen molar-refractivity contribution in [1.29, 1.82) is 0 Å². The Balaban J connectivity index is 1.97. The molecule has 0 amide bonds. The second kappa shape index (κ2) is 4.78. The van der Waals surface area contributed by atoms with Crippen molar-refractivity contribution in [2.75, 3.05) is 13.7 Å². The van der Waals surface area contributed by atoms with Crippen LogP contribution in [0.5, 0.6) is 5.75 Å². The van der Waals surface area contributed by atoms with E-state index >= 15 is 0 Å². The van der Waals surface area contributed by atoms with Crippen molar-refractivity contribution in [3.63, 3.8) is 0 Å². The molecule has 0 saturated heterocycles. The number of rotatable bonds is 2. The van der Waals surface area contributed by atoms with Gasteiger partial charge in [-0.15, -0.1) is 0 Å². The Bertz CT molecular complexity index is 536. The first-order valence-corrected chi connectivity index (χ1v) is 6.19. The summed E-state index contributed by atoms with van der Waals surface area (Å²) in [4.78, 5) is 4.46. The lowest BCUT2D eigenvalue weighted by atomic mass is 9.93. The van der Waals surface area contributed by atoms with Crippen LogP contribution in [0.2, 0.25) is 0 Å². The molecule has 1 unspecified atom stereocenters. The van der Waals surface area contributed by atoms with Crippen molar-refractivity contribution < 1.29 is 4.74 Å². The van der Waals surface area contributed by atoms with Crippen LogP contribution >= 0.6 is 0 Å². The van der Waals surface area contributed by atoms with Crippen molar-refractivity contribution in [2.45, 2.75) is 12.5 Å². The summed E-state index contributed by atoms with van der Waals surface area (Å²) in [6.07, 6.45) is 2.87. The maximum Gasteiger partial charge on any atom is 0.118 e. The van der Waals surface area contributed by atoms with Crippen LogP contribution in [0.3, 0.4) is 0 Å². The molecular formula is C15H16N2O. The summed E-state index contributed by atoms with van der Waals surface area (Å²) in [5.74, 6) is 0.890. The highest BCUT2D eigenvalue weighted by Gasteiger charge is 2.21. The Labute approximate surface area is 107 Å². The molecule has 1 atom stereocenters. The molecule has 0 bridgehead atoms. The van der Waals surface area contributed by atoms with Gasteiger partial charge in [0.05, 0.1) is 13.2 Å². The average molecular weight is 240 g/mol. The van der Waals surface area contributed by atoms with Crippen molar-refractivity contribution in [2.24, 2.45) is 0 Å². The van der Waals surface area contributed by atoms with Gasteiger partial charge < -0.3 is 10.1 Å². The Morgan fingerprint density at radius 3 is 2.83 bits per heavy atom. The quantitative estimate of drug-likeness (QED) is 0.874. The number of methoxy groups -OCH3 is 1. The number of fused-ring (bicyclic) bond motifs is 1. The molecule has 0 spiro atoms. The molecular weight excluding hydrogens is 224 g/mol. The lowest BCUT2D eigenvalue weighted by molar-refractivity contribution is 0.414. The van der Waals surface area contributed by atoms with Crippen LogP contribution in [-0.2, 0) is 6.42 Å². The summed E-state index contributed by atoms with van der Waals surface area (Å²) in [6, 6.07) is 12.6. The number of aromatic nitrogens is 1. The van der Waals surface area contributed by atoms with Crippen molar-refractivity contribution >= 4 is 0 Å². The minimum absolute atomic E-state index is 0.244. The maximum absolute atomic E-state index is 5.19. The van der Waals surface area contributed by atoms with Crippen LogP contribution in [-0.4, -0.2) is 18.6 Å².